The van der Waals surface area contributed by atoms with Crippen LogP contribution >= 0.6 is 0 Å². The Morgan fingerprint density at radius 1 is 1.25 bits per heavy atom. The van der Waals surface area contributed by atoms with E-state index in [0.29, 0.717) is 12.0 Å². The summed E-state index contributed by atoms with van der Waals surface area (Å²) in [5.41, 5.74) is 3.26. The molecule has 1 amide bonds. The van der Waals surface area contributed by atoms with Crippen LogP contribution in [0.3, 0.4) is 0 Å². The standard InChI is InChI=1S/C22H31N5O/c1-16(2)27(14-18-12-19(26-25-18)17-6-4-3-5-7-17)21(28)20-13-22(15-24-20)8-10-23-11-9-22/h3-7,12,16,20,23-24H,8-11,13-15H2,1-2H3,(H,25,26). The van der Waals surface area contributed by atoms with E-state index in [2.05, 4.69) is 34.7 Å². The monoisotopic (exact) mass is 381 g/mol. The fraction of sp³-hybridized carbons (Fsp3) is 0.545. The van der Waals surface area contributed by atoms with Gasteiger partial charge in [-0.25, -0.2) is 0 Å². The molecule has 1 aromatic carbocycles. The number of piperidine rings is 1. The Morgan fingerprint density at radius 3 is 2.71 bits per heavy atom. The van der Waals surface area contributed by atoms with Gasteiger partial charge in [0.15, 0.2) is 0 Å². The van der Waals surface area contributed by atoms with Gasteiger partial charge in [0.1, 0.15) is 0 Å². The number of rotatable bonds is 5. The molecule has 1 spiro atoms. The van der Waals surface area contributed by atoms with Crippen LogP contribution in [0.2, 0.25) is 0 Å². The number of H-pyrrole nitrogens is 1. The number of amides is 1. The van der Waals surface area contributed by atoms with Crippen molar-refractivity contribution >= 4 is 5.91 Å². The summed E-state index contributed by atoms with van der Waals surface area (Å²) >= 11 is 0. The molecule has 0 aliphatic carbocycles. The van der Waals surface area contributed by atoms with Crippen LogP contribution in [-0.2, 0) is 11.3 Å². The third kappa shape index (κ3) is 3.98. The molecule has 3 N–H and O–H groups in total. The second-order valence-corrected chi connectivity index (χ2v) is 8.59. The van der Waals surface area contributed by atoms with Crippen LogP contribution in [0, 0.1) is 5.41 Å². The molecule has 2 aromatic rings. The van der Waals surface area contributed by atoms with Crippen molar-refractivity contribution in [2.75, 3.05) is 19.6 Å². The lowest BCUT2D eigenvalue weighted by atomic mass is 9.77. The van der Waals surface area contributed by atoms with Crippen LogP contribution in [0.15, 0.2) is 36.4 Å². The molecule has 3 heterocycles. The minimum absolute atomic E-state index is 0.0722. The van der Waals surface area contributed by atoms with E-state index in [1.54, 1.807) is 0 Å². The van der Waals surface area contributed by atoms with Crippen molar-refractivity contribution in [1.82, 2.24) is 25.7 Å². The van der Waals surface area contributed by atoms with Crippen molar-refractivity contribution < 1.29 is 4.79 Å². The first-order chi connectivity index (χ1) is 13.6. The van der Waals surface area contributed by atoms with Gasteiger partial charge >= 0.3 is 0 Å². The highest BCUT2D eigenvalue weighted by molar-refractivity contribution is 5.82. The number of carbonyl (C=O) groups is 1. The summed E-state index contributed by atoms with van der Waals surface area (Å²) in [5.74, 6) is 0.210. The number of nitrogens with one attached hydrogen (secondary N) is 3. The molecule has 0 bridgehead atoms. The molecule has 2 fully saturated rings. The highest BCUT2D eigenvalue weighted by Crippen LogP contribution is 2.38. The molecule has 2 aliphatic heterocycles. The van der Waals surface area contributed by atoms with Gasteiger partial charge in [-0.2, -0.15) is 5.10 Å². The van der Waals surface area contributed by atoms with Gasteiger partial charge in [0, 0.05) is 18.2 Å². The maximum Gasteiger partial charge on any atom is 0.240 e. The fourth-order valence-corrected chi connectivity index (χ4v) is 4.53. The van der Waals surface area contributed by atoms with E-state index in [1.807, 2.05) is 41.3 Å². The zero-order valence-electron chi connectivity index (χ0n) is 16.9. The van der Waals surface area contributed by atoms with Crippen LogP contribution in [0.4, 0.5) is 0 Å². The van der Waals surface area contributed by atoms with Crippen molar-refractivity contribution in [2.45, 2.75) is 51.7 Å². The molecule has 1 unspecified atom stereocenters. The summed E-state index contributed by atoms with van der Waals surface area (Å²) < 4.78 is 0. The van der Waals surface area contributed by atoms with E-state index in [4.69, 9.17) is 0 Å². The Balaban J connectivity index is 1.44. The molecule has 4 rings (SSSR count). The maximum absolute atomic E-state index is 13.3. The van der Waals surface area contributed by atoms with Crippen LogP contribution in [0.1, 0.15) is 38.8 Å². The highest BCUT2D eigenvalue weighted by atomic mass is 16.2. The quantitative estimate of drug-likeness (QED) is 0.744. The van der Waals surface area contributed by atoms with E-state index in [-0.39, 0.29) is 18.0 Å². The van der Waals surface area contributed by atoms with E-state index in [1.165, 1.54) is 0 Å². The van der Waals surface area contributed by atoms with Crippen molar-refractivity contribution in [2.24, 2.45) is 5.41 Å². The van der Waals surface area contributed by atoms with Crippen molar-refractivity contribution in [1.29, 1.82) is 0 Å². The normalized spacial score (nSPS) is 21.3. The number of carbonyl (C=O) groups excluding carboxylic acids is 1. The summed E-state index contributed by atoms with van der Waals surface area (Å²) in [7, 11) is 0. The molecule has 0 saturated carbocycles. The summed E-state index contributed by atoms with van der Waals surface area (Å²) in [5, 5.41) is 14.5. The van der Waals surface area contributed by atoms with E-state index < -0.39 is 0 Å². The summed E-state index contributed by atoms with van der Waals surface area (Å²) in [4.78, 5) is 15.3. The van der Waals surface area contributed by atoms with Crippen molar-refractivity contribution in [3.63, 3.8) is 0 Å². The molecule has 2 aliphatic rings. The third-order valence-corrected chi connectivity index (χ3v) is 6.27. The predicted octanol–water partition coefficient (Wildman–Crippen LogP) is 2.55. The number of aromatic nitrogens is 2. The number of hydrogen-bond acceptors (Lipinski definition) is 4. The SMILES string of the molecule is CC(C)N(Cc1cc(-c2ccccc2)n[nH]1)C(=O)C1CC2(CCNCC2)CN1. The number of benzene rings is 1. The van der Waals surface area contributed by atoms with Gasteiger partial charge < -0.3 is 15.5 Å². The summed E-state index contributed by atoms with van der Waals surface area (Å²) in [6, 6.07) is 12.2. The van der Waals surface area contributed by atoms with E-state index >= 15 is 0 Å². The van der Waals surface area contributed by atoms with Gasteiger partial charge in [0.25, 0.3) is 0 Å². The second kappa shape index (κ2) is 8.05. The van der Waals surface area contributed by atoms with Gasteiger partial charge in [-0.3, -0.25) is 9.89 Å². The van der Waals surface area contributed by atoms with Gasteiger partial charge in [-0.15, -0.1) is 0 Å². The molecule has 0 radical (unpaired) electrons. The van der Waals surface area contributed by atoms with E-state index in [0.717, 1.165) is 55.8 Å². The summed E-state index contributed by atoms with van der Waals surface area (Å²) in [6.07, 6.45) is 3.27. The fourth-order valence-electron chi connectivity index (χ4n) is 4.53. The van der Waals surface area contributed by atoms with Crippen LogP contribution in [0.5, 0.6) is 0 Å². The van der Waals surface area contributed by atoms with Gasteiger partial charge in [0.05, 0.1) is 24.0 Å². The largest absolute Gasteiger partial charge is 0.333 e. The van der Waals surface area contributed by atoms with E-state index in [9.17, 15) is 4.79 Å². The van der Waals surface area contributed by atoms with Crippen molar-refractivity contribution in [3.8, 4) is 11.3 Å². The Labute approximate surface area is 167 Å². The first kappa shape index (κ1) is 19.2. The van der Waals surface area contributed by atoms with Gasteiger partial charge in [-0.1, -0.05) is 30.3 Å². The zero-order chi connectivity index (χ0) is 19.6. The number of aromatic amines is 1. The lowest BCUT2D eigenvalue weighted by molar-refractivity contribution is -0.135. The third-order valence-electron chi connectivity index (χ3n) is 6.27. The minimum Gasteiger partial charge on any atom is -0.333 e. The number of hydrogen-bond donors (Lipinski definition) is 3. The van der Waals surface area contributed by atoms with Crippen LogP contribution < -0.4 is 10.6 Å². The topological polar surface area (TPSA) is 73.0 Å². The molecule has 6 heteroatoms. The first-order valence-electron chi connectivity index (χ1n) is 10.4. The molecule has 28 heavy (non-hydrogen) atoms. The smallest absolute Gasteiger partial charge is 0.240 e. The number of nitrogens with zero attached hydrogens (tertiary/aromatic N) is 2. The molecule has 2 saturated heterocycles. The lowest BCUT2D eigenvalue weighted by Gasteiger charge is -2.33. The molecule has 6 nitrogen and oxygen atoms in total. The molecule has 1 atom stereocenters. The Bertz CT molecular complexity index is 794. The molecule has 1 aromatic heterocycles. The first-order valence-corrected chi connectivity index (χ1v) is 10.4. The molecular formula is C22H31N5O. The van der Waals surface area contributed by atoms with Gasteiger partial charge in [0.2, 0.25) is 5.91 Å². The molecule has 150 valence electrons. The van der Waals surface area contributed by atoms with Crippen LogP contribution in [-0.4, -0.2) is 52.7 Å². The minimum atomic E-state index is -0.0722. The second-order valence-electron chi connectivity index (χ2n) is 8.59. The Kier molecular flexibility index (Phi) is 5.51. The van der Waals surface area contributed by atoms with Crippen LogP contribution in [0.25, 0.3) is 11.3 Å². The lowest BCUT2D eigenvalue weighted by Crippen LogP contribution is -2.46. The average Bonchev–Trinajstić information content (AvgIpc) is 3.34. The average molecular weight is 382 g/mol. The predicted molar refractivity (Wildman–Crippen MR) is 111 cm³/mol. The zero-order valence-corrected chi connectivity index (χ0v) is 16.9. The molecular weight excluding hydrogens is 350 g/mol. The highest BCUT2D eigenvalue weighted by Gasteiger charge is 2.43. The van der Waals surface area contributed by atoms with Gasteiger partial charge in [-0.05, 0) is 57.7 Å². The Hall–Kier alpha value is -2.18. The van der Waals surface area contributed by atoms with Crippen molar-refractivity contribution in [3.05, 3.63) is 42.1 Å². The maximum atomic E-state index is 13.3. The Morgan fingerprint density at radius 2 is 2.00 bits per heavy atom. The summed E-state index contributed by atoms with van der Waals surface area (Å²) in [6.45, 7) is 7.81.